The van der Waals surface area contributed by atoms with Gasteiger partial charge in [0, 0.05) is 5.41 Å². The van der Waals surface area contributed by atoms with E-state index in [1.165, 1.54) is 0 Å². The summed E-state index contributed by atoms with van der Waals surface area (Å²) >= 11 is 0. The van der Waals surface area contributed by atoms with E-state index in [0.717, 1.165) is 12.8 Å². The molecule has 0 amide bonds. The molecule has 2 saturated carbocycles. The fourth-order valence-corrected chi connectivity index (χ4v) is 5.02. The van der Waals surface area contributed by atoms with Crippen molar-refractivity contribution in [3.05, 3.63) is 11.1 Å². The first-order chi connectivity index (χ1) is 8.74. The van der Waals surface area contributed by atoms with Crippen molar-refractivity contribution in [2.24, 2.45) is 22.7 Å². The Morgan fingerprint density at radius 3 is 2.26 bits per heavy atom. The molecule has 4 N–H and O–H groups in total. The number of aliphatic hydroxyl groups excluding tert-OH is 4. The van der Waals surface area contributed by atoms with E-state index < -0.39 is 23.7 Å². The van der Waals surface area contributed by atoms with Gasteiger partial charge in [0.25, 0.3) is 0 Å². The molecular formula is C15H24O4. The van der Waals surface area contributed by atoms with Gasteiger partial charge in [0.05, 0.1) is 18.8 Å². The fraction of sp³-hybridized carbons (Fsp3) is 0.867. The summed E-state index contributed by atoms with van der Waals surface area (Å²) in [6.07, 6.45) is -0.544. The Bertz CT molecular complexity index is 441. The molecule has 0 aromatic heterocycles. The van der Waals surface area contributed by atoms with E-state index in [9.17, 15) is 20.4 Å². The van der Waals surface area contributed by atoms with Crippen LogP contribution in [0.25, 0.3) is 0 Å². The second-order valence-corrected chi connectivity index (χ2v) is 7.56. The van der Waals surface area contributed by atoms with Gasteiger partial charge in [-0.25, -0.2) is 0 Å². The molecular weight excluding hydrogens is 244 g/mol. The van der Waals surface area contributed by atoms with Gasteiger partial charge in [0.1, 0.15) is 6.10 Å². The third-order valence-electron chi connectivity index (χ3n) is 5.92. The lowest BCUT2D eigenvalue weighted by Crippen LogP contribution is -2.65. The summed E-state index contributed by atoms with van der Waals surface area (Å²) in [6.45, 7) is 6.10. The minimum absolute atomic E-state index is 0.0769. The Morgan fingerprint density at radius 1 is 1.05 bits per heavy atom. The minimum atomic E-state index is -0.925. The first-order valence-electron chi connectivity index (χ1n) is 7.12. The molecule has 108 valence electrons. The maximum absolute atomic E-state index is 10.5. The second-order valence-electron chi connectivity index (χ2n) is 7.56. The number of rotatable bonds is 1. The van der Waals surface area contributed by atoms with E-state index in [1.807, 2.05) is 6.92 Å². The van der Waals surface area contributed by atoms with Crippen molar-refractivity contribution in [3.63, 3.8) is 0 Å². The van der Waals surface area contributed by atoms with Crippen LogP contribution in [0.4, 0.5) is 0 Å². The lowest BCUT2D eigenvalue weighted by Gasteiger charge is -2.60. The van der Waals surface area contributed by atoms with Gasteiger partial charge in [-0.3, -0.25) is 0 Å². The molecule has 4 nitrogen and oxygen atoms in total. The molecule has 3 aliphatic rings. The van der Waals surface area contributed by atoms with Crippen LogP contribution in [0.5, 0.6) is 0 Å². The Hall–Kier alpha value is -0.420. The molecule has 0 aromatic carbocycles. The SMILES string of the molecule is CC1(C)CC2C(C1)[C@]1(C)C(=C(CO)[C@H]2O)[C@H](O)[C@H]1O. The summed E-state index contributed by atoms with van der Waals surface area (Å²) in [6, 6.07) is 0. The summed E-state index contributed by atoms with van der Waals surface area (Å²) < 4.78 is 0. The van der Waals surface area contributed by atoms with E-state index >= 15 is 0 Å². The van der Waals surface area contributed by atoms with Gasteiger partial charge < -0.3 is 20.4 Å². The summed E-state index contributed by atoms with van der Waals surface area (Å²) in [7, 11) is 0. The van der Waals surface area contributed by atoms with E-state index in [4.69, 9.17) is 0 Å². The molecule has 19 heavy (non-hydrogen) atoms. The minimum Gasteiger partial charge on any atom is -0.392 e. The van der Waals surface area contributed by atoms with Crippen molar-refractivity contribution >= 4 is 0 Å². The molecule has 2 unspecified atom stereocenters. The average molecular weight is 268 g/mol. The Morgan fingerprint density at radius 2 is 1.68 bits per heavy atom. The summed E-state index contributed by atoms with van der Waals surface area (Å²) in [5.74, 6) is 0.259. The van der Waals surface area contributed by atoms with Crippen molar-refractivity contribution in [1.29, 1.82) is 0 Å². The molecule has 4 heteroatoms. The van der Waals surface area contributed by atoms with E-state index in [2.05, 4.69) is 13.8 Å². The zero-order chi connectivity index (χ0) is 14.2. The highest BCUT2D eigenvalue weighted by Crippen LogP contribution is 2.66. The van der Waals surface area contributed by atoms with Gasteiger partial charge in [-0.15, -0.1) is 0 Å². The Kier molecular flexibility index (Phi) is 2.72. The first-order valence-corrected chi connectivity index (χ1v) is 7.12. The zero-order valence-corrected chi connectivity index (χ0v) is 11.8. The van der Waals surface area contributed by atoms with Gasteiger partial charge in [0.2, 0.25) is 0 Å². The van der Waals surface area contributed by atoms with Gasteiger partial charge >= 0.3 is 0 Å². The highest BCUT2D eigenvalue weighted by Gasteiger charge is 2.66. The fourth-order valence-electron chi connectivity index (χ4n) is 5.02. The van der Waals surface area contributed by atoms with E-state index in [0.29, 0.717) is 11.1 Å². The zero-order valence-electron chi connectivity index (χ0n) is 11.8. The van der Waals surface area contributed by atoms with E-state index in [-0.39, 0.29) is 23.9 Å². The van der Waals surface area contributed by atoms with Gasteiger partial charge in [0.15, 0.2) is 0 Å². The topological polar surface area (TPSA) is 80.9 Å². The lowest BCUT2D eigenvalue weighted by atomic mass is 9.48. The highest BCUT2D eigenvalue weighted by atomic mass is 16.3. The van der Waals surface area contributed by atoms with Crippen molar-refractivity contribution < 1.29 is 20.4 Å². The van der Waals surface area contributed by atoms with Crippen LogP contribution in [-0.4, -0.2) is 45.3 Å². The smallest absolute Gasteiger partial charge is 0.103 e. The van der Waals surface area contributed by atoms with Crippen LogP contribution >= 0.6 is 0 Å². The molecule has 0 heterocycles. The van der Waals surface area contributed by atoms with Crippen LogP contribution < -0.4 is 0 Å². The van der Waals surface area contributed by atoms with Crippen LogP contribution in [0.1, 0.15) is 33.6 Å². The number of hydrogen-bond donors (Lipinski definition) is 4. The maximum atomic E-state index is 10.5. The second kappa shape index (κ2) is 3.82. The van der Waals surface area contributed by atoms with Crippen molar-refractivity contribution in [1.82, 2.24) is 0 Å². The van der Waals surface area contributed by atoms with Gasteiger partial charge in [-0.05, 0) is 41.2 Å². The molecule has 0 spiro atoms. The van der Waals surface area contributed by atoms with Gasteiger partial charge in [-0.2, -0.15) is 0 Å². The lowest BCUT2D eigenvalue weighted by molar-refractivity contribution is -0.149. The van der Waals surface area contributed by atoms with Crippen molar-refractivity contribution in [2.75, 3.05) is 6.61 Å². The van der Waals surface area contributed by atoms with Crippen LogP contribution in [0.3, 0.4) is 0 Å². The predicted molar refractivity (Wildman–Crippen MR) is 70.2 cm³/mol. The largest absolute Gasteiger partial charge is 0.392 e. The molecule has 6 atom stereocenters. The van der Waals surface area contributed by atoms with E-state index in [1.54, 1.807) is 0 Å². The number of fused-ring (bicyclic) bond motifs is 3. The molecule has 3 aliphatic carbocycles. The monoisotopic (exact) mass is 268 g/mol. The number of hydrogen-bond acceptors (Lipinski definition) is 4. The van der Waals surface area contributed by atoms with Crippen LogP contribution in [0.2, 0.25) is 0 Å². The molecule has 0 aliphatic heterocycles. The quantitative estimate of drug-likeness (QED) is 0.520. The van der Waals surface area contributed by atoms with Crippen molar-refractivity contribution in [3.8, 4) is 0 Å². The van der Waals surface area contributed by atoms with Gasteiger partial charge in [-0.1, -0.05) is 20.8 Å². The number of aliphatic hydroxyl groups is 4. The summed E-state index contributed by atoms with van der Waals surface area (Å²) in [4.78, 5) is 0. The predicted octanol–water partition coefficient (Wildman–Crippen LogP) is 0.444. The van der Waals surface area contributed by atoms with Crippen LogP contribution in [-0.2, 0) is 0 Å². The Balaban J connectivity index is 2.10. The summed E-state index contributed by atoms with van der Waals surface area (Å²) in [5.41, 5.74) is 0.887. The average Bonchev–Trinajstić information content (AvgIpc) is 2.69. The molecule has 0 radical (unpaired) electrons. The molecule has 0 bridgehead atoms. The third-order valence-corrected chi connectivity index (χ3v) is 5.92. The van der Waals surface area contributed by atoms with Crippen LogP contribution in [0.15, 0.2) is 11.1 Å². The maximum Gasteiger partial charge on any atom is 0.103 e. The highest BCUT2D eigenvalue weighted by molar-refractivity contribution is 5.44. The summed E-state index contributed by atoms with van der Waals surface area (Å²) in [5, 5.41) is 40.3. The standard InChI is InChI=1S/C15H24O4/c1-14(2)4-7-9(5-14)15(3)10(12(18)13(15)19)8(6-16)11(7)17/h7,9,11-13,16-19H,4-6H2,1-3H3/t7?,9?,11-,12-,13+,15+/m0/s1. The molecule has 0 saturated heterocycles. The molecule has 2 fully saturated rings. The third kappa shape index (κ3) is 1.49. The van der Waals surface area contributed by atoms with Crippen molar-refractivity contribution in [2.45, 2.75) is 51.9 Å². The van der Waals surface area contributed by atoms with Crippen LogP contribution in [0, 0.1) is 22.7 Å². The molecule has 3 rings (SSSR count). The normalized spacial score (nSPS) is 51.6. The Labute approximate surface area is 113 Å². The first kappa shape index (κ1) is 13.6. The molecule has 0 aromatic rings.